The number of hydrogen-bond donors (Lipinski definition) is 0. The molecule has 0 aliphatic rings. The molecule has 0 aromatic carbocycles. The van der Waals surface area contributed by atoms with Crippen LogP contribution in [0.15, 0.2) is 0 Å². The van der Waals surface area contributed by atoms with Gasteiger partial charge < -0.3 is 4.55 Å². The predicted molar refractivity (Wildman–Crippen MR) is 27.0 cm³/mol. The zero-order valence-electron chi connectivity index (χ0n) is 5.86. The SMILES string of the molecule is CCCOOS(=O)(=O)[O-].[Na+]. The summed E-state index contributed by atoms with van der Waals surface area (Å²) in [5.41, 5.74) is 0. The third-order valence-corrected chi connectivity index (χ3v) is 0.682. The van der Waals surface area contributed by atoms with E-state index in [1.165, 1.54) is 0 Å². The molecule has 0 aliphatic carbocycles. The fraction of sp³-hybridized carbons (Fsp3) is 1.00. The van der Waals surface area contributed by atoms with E-state index in [0.29, 0.717) is 6.42 Å². The van der Waals surface area contributed by atoms with E-state index in [1.807, 2.05) is 0 Å². The van der Waals surface area contributed by atoms with Gasteiger partial charge >= 0.3 is 29.6 Å². The summed E-state index contributed by atoms with van der Waals surface area (Å²) in [6, 6.07) is 0. The van der Waals surface area contributed by atoms with Crippen LogP contribution in [-0.4, -0.2) is 19.6 Å². The van der Waals surface area contributed by atoms with Gasteiger partial charge in [0.1, 0.15) is 0 Å². The second kappa shape index (κ2) is 6.53. The van der Waals surface area contributed by atoms with Gasteiger partial charge in [0.25, 0.3) is 0 Å². The van der Waals surface area contributed by atoms with Crippen LogP contribution < -0.4 is 29.6 Å². The zero-order chi connectivity index (χ0) is 7.33. The Labute approximate surface area is 81.9 Å². The van der Waals surface area contributed by atoms with Crippen LogP contribution in [0.4, 0.5) is 0 Å². The largest absolute Gasteiger partial charge is 1.00 e. The van der Waals surface area contributed by atoms with Gasteiger partial charge in [-0.15, -0.1) is 4.33 Å². The van der Waals surface area contributed by atoms with Crippen LogP contribution >= 0.6 is 0 Å². The van der Waals surface area contributed by atoms with Gasteiger partial charge in [-0.1, -0.05) is 6.92 Å². The first kappa shape index (κ1) is 13.4. The average molecular weight is 178 g/mol. The van der Waals surface area contributed by atoms with Crippen LogP contribution in [0.2, 0.25) is 0 Å². The summed E-state index contributed by atoms with van der Waals surface area (Å²) >= 11 is 0. The minimum Gasteiger partial charge on any atom is -0.724 e. The van der Waals surface area contributed by atoms with Gasteiger partial charge in [-0.2, -0.15) is 0 Å². The third kappa shape index (κ3) is 11.6. The molecule has 0 N–H and O–H groups in total. The van der Waals surface area contributed by atoms with Crippen molar-refractivity contribution in [1.29, 1.82) is 0 Å². The Morgan fingerprint density at radius 3 is 2.30 bits per heavy atom. The molecule has 0 amide bonds. The molecule has 0 bridgehead atoms. The first-order valence-electron chi connectivity index (χ1n) is 2.33. The standard InChI is InChI=1S/C3H8O5S.Na/c1-2-3-7-8-9(4,5)6;/h2-3H2,1H3,(H,4,5,6);/q;+1/p-1. The molecule has 0 spiro atoms. The molecule has 56 valence electrons. The summed E-state index contributed by atoms with van der Waals surface area (Å²) in [5.74, 6) is 0. The van der Waals surface area contributed by atoms with Crippen LogP contribution in [-0.2, 0) is 19.6 Å². The molecule has 0 atom stereocenters. The quantitative estimate of drug-likeness (QED) is 0.113. The first-order chi connectivity index (χ1) is 4.06. The van der Waals surface area contributed by atoms with Crippen LogP contribution in [0.5, 0.6) is 0 Å². The molecule has 0 saturated carbocycles. The smallest absolute Gasteiger partial charge is 0.724 e. The van der Waals surface area contributed by atoms with E-state index < -0.39 is 10.4 Å². The van der Waals surface area contributed by atoms with Crippen LogP contribution in [0.1, 0.15) is 13.3 Å². The van der Waals surface area contributed by atoms with Crippen molar-refractivity contribution in [3.8, 4) is 0 Å². The fourth-order valence-corrected chi connectivity index (χ4v) is 0.362. The maximum Gasteiger partial charge on any atom is 1.00 e. The molecule has 0 aromatic heterocycles. The van der Waals surface area contributed by atoms with Crippen molar-refractivity contribution in [2.75, 3.05) is 6.61 Å². The van der Waals surface area contributed by atoms with Gasteiger partial charge in [-0.05, 0) is 6.42 Å². The van der Waals surface area contributed by atoms with Gasteiger partial charge in [0, 0.05) is 0 Å². The number of hydrogen-bond acceptors (Lipinski definition) is 5. The Bertz CT molecular complexity index is 152. The van der Waals surface area contributed by atoms with Gasteiger partial charge in [-0.3, -0.25) is 0 Å². The van der Waals surface area contributed by atoms with E-state index in [4.69, 9.17) is 0 Å². The second-order valence-electron chi connectivity index (χ2n) is 1.30. The minimum atomic E-state index is -4.67. The molecule has 7 heteroatoms. The molecule has 0 rings (SSSR count). The van der Waals surface area contributed by atoms with Crippen LogP contribution in [0.3, 0.4) is 0 Å². The first-order valence-corrected chi connectivity index (χ1v) is 3.66. The van der Waals surface area contributed by atoms with Gasteiger partial charge in [0.15, 0.2) is 0 Å². The Morgan fingerprint density at radius 1 is 1.50 bits per heavy atom. The normalized spacial score (nSPS) is 10.6. The van der Waals surface area contributed by atoms with Crippen LogP contribution in [0.25, 0.3) is 0 Å². The molecule has 0 aliphatic heterocycles. The Balaban J connectivity index is 0. The van der Waals surface area contributed by atoms with Crippen molar-refractivity contribution < 1.29 is 51.7 Å². The molecule has 0 heterocycles. The molecule has 5 nitrogen and oxygen atoms in total. The maximum atomic E-state index is 9.60. The maximum absolute atomic E-state index is 9.60. The summed E-state index contributed by atoms with van der Waals surface area (Å²) < 4.78 is 32.2. The third-order valence-electron chi connectivity index (χ3n) is 0.419. The second-order valence-corrected chi connectivity index (χ2v) is 2.25. The molecular formula is C3H7NaO5S. The van der Waals surface area contributed by atoms with Crippen LogP contribution in [0, 0.1) is 0 Å². The molecule has 10 heavy (non-hydrogen) atoms. The summed E-state index contributed by atoms with van der Waals surface area (Å²) in [5, 5.41) is 0. The monoisotopic (exact) mass is 178 g/mol. The van der Waals surface area contributed by atoms with E-state index in [9.17, 15) is 13.0 Å². The van der Waals surface area contributed by atoms with E-state index >= 15 is 0 Å². The van der Waals surface area contributed by atoms with Gasteiger partial charge in [0.05, 0.1) is 6.61 Å². The Morgan fingerprint density at radius 2 is 2.00 bits per heavy atom. The number of rotatable bonds is 4. The molecular weight excluding hydrogens is 171 g/mol. The van der Waals surface area contributed by atoms with E-state index in [0.717, 1.165) is 0 Å². The zero-order valence-corrected chi connectivity index (χ0v) is 8.68. The van der Waals surface area contributed by atoms with Crippen molar-refractivity contribution in [2.24, 2.45) is 0 Å². The van der Waals surface area contributed by atoms with Crippen molar-refractivity contribution in [1.82, 2.24) is 0 Å². The predicted octanol–water partition coefficient (Wildman–Crippen LogP) is -3.19. The van der Waals surface area contributed by atoms with Crippen molar-refractivity contribution in [2.45, 2.75) is 13.3 Å². The molecule has 0 saturated heterocycles. The Hall–Kier alpha value is 0.830. The molecule has 0 fully saturated rings. The van der Waals surface area contributed by atoms with Gasteiger partial charge in [-0.25, -0.2) is 13.3 Å². The van der Waals surface area contributed by atoms with Gasteiger partial charge in [0.2, 0.25) is 10.4 Å². The molecule has 0 unspecified atom stereocenters. The summed E-state index contributed by atoms with van der Waals surface area (Å²) in [4.78, 5) is 3.95. The van der Waals surface area contributed by atoms with Crippen molar-refractivity contribution in [3.05, 3.63) is 0 Å². The Kier molecular flexibility index (Phi) is 8.77. The van der Waals surface area contributed by atoms with Crippen molar-refractivity contribution in [3.63, 3.8) is 0 Å². The molecule has 0 aromatic rings. The van der Waals surface area contributed by atoms with E-state index in [1.54, 1.807) is 6.92 Å². The fourth-order valence-electron chi connectivity index (χ4n) is 0.176. The van der Waals surface area contributed by atoms with Crippen molar-refractivity contribution >= 4 is 10.4 Å². The average Bonchev–Trinajstić information content (AvgIpc) is 1.63. The summed E-state index contributed by atoms with van der Waals surface area (Å²) in [6.45, 7) is 1.85. The summed E-state index contributed by atoms with van der Waals surface area (Å²) in [7, 11) is -4.67. The summed E-state index contributed by atoms with van der Waals surface area (Å²) in [6.07, 6.45) is 0.593. The topological polar surface area (TPSA) is 75.7 Å². The van der Waals surface area contributed by atoms with E-state index in [-0.39, 0.29) is 36.2 Å². The van der Waals surface area contributed by atoms with E-state index in [2.05, 4.69) is 9.22 Å². The molecule has 0 radical (unpaired) electrons. The minimum absolute atomic E-state index is 0.